The summed E-state index contributed by atoms with van der Waals surface area (Å²) in [6, 6.07) is 7.66. The lowest BCUT2D eigenvalue weighted by atomic mass is 9.93. The Hall–Kier alpha value is -1.55. The number of amides is 2. The van der Waals surface area contributed by atoms with Crippen molar-refractivity contribution in [2.75, 3.05) is 6.54 Å². The maximum Gasteiger partial charge on any atom is 0.242 e. The highest BCUT2D eigenvalue weighted by molar-refractivity contribution is 6.30. The highest BCUT2D eigenvalue weighted by Gasteiger charge is 2.40. The molecule has 1 heterocycles. The van der Waals surface area contributed by atoms with Crippen LogP contribution in [0.4, 0.5) is 0 Å². The molecule has 1 aromatic rings. The number of likely N-dealkylation sites (tertiary alicyclic amines) is 1. The van der Waals surface area contributed by atoms with Crippen molar-refractivity contribution in [3.05, 3.63) is 34.9 Å². The van der Waals surface area contributed by atoms with Gasteiger partial charge in [0.25, 0.3) is 0 Å². The molecule has 1 aliphatic carbocycles. The van der Waals surface area contributed by atoms with Crippen LogP contribution in [0.5, 0.6) is 0 Å². The zero-order chi connectivity index (χ0) is 16.9. The van der Waals surface area contributed by atoms with Crippen molar-refractivity contribution >= 4 is 23.4 Å². The van der Waals surface area contributed by atoms with Crippen molar-refractivity contribution in [1.82, 2.24) is 10.2 Å². The summed E-state index contributed by atoms with van der Waals surface area (Å²) in [6.45, 7) is 0.587. The zero-order valence-electron chi connectivity index (χ0n) is 14.0. The van der Waals surface area contributed by atoms with Crippen LogP contribution >= 0.6 is 11.6 Å². The molecule has 1 aromatic carbocycles. The van der Waals surface area contributed by atoms with E-state index in [-0.39, 0.29) is 23.9 Å². The van der Waals surface area contributed by atoms with Crippen LogP contribution in [0.2, 0.25) is 5.02 Å². The third-order valence-corrected chi connectivity index (χ3v) is 5.40. The van der Waals surface area contributed by atoms with Gasteiger partial charge in [-0.3, -0.25) is 9.59 Å². The monoisotopic (exact) mass is 348 g/mol. The van der Waals surface area contributed by atoms with Crippen molar-refractivity contribution in [2.24, 2.45) is 0 Å². The number of rotatable bonds is 5. The SMILES string of the molecule is O=C(NCCc1ccc(Cl)cc1)[C@H]1CCC(=O)N1C1CCCCC1. The van der Waals surface area contributed by atoms with Crippen LogP contribution in [0.25, 0.3) is 0 Å². The predicted molar refractivity (Wildman–Crippen MR) is 94.9 cm³/mol. The summed E-state index contributed by atoms with van der Waals surface area (Å²) in [5, 5.41) is 3.73. The summed E-state index contributed by atoms with van der Waals surface area (Å²) in [5.74, 6) is 0.153. The van der Waals surface area contributed by atoms with E-state index in [2.05, 4.69) is 5.32 Å². The number of halogens is 1. The summed E-state index contributed by atoms with van der Waals surface area (Å²) in [4.78, 5) is 26.7. The largest absolute Gasteiger partial charge is 0.354 e. The maximum absolute atomic E-state index is 12.6. The van der Waals surface area contributed by atoms with Crippen molar-refractivity contribution in [3.63, 3.8) is 0 Å². The molecule has 1 atom stereocenters. The molecule has 4 nitrogen and oxygen atoms in total. The lowest BCUT2D eigenvalue weighted by Gasteiger charge is -2.35. The molecule has 0 spiro atoms. The van der Waals surface area contributed by atoms with Gasteiger partial charge >= 0.3 is 0 Å². The molecule has 1 N–H and O–H groups in total. The molecule has 5 heteroatoms. The molecule has 2 amide bonds. The van der Waals surface area contributed by atoms with Gasteiger partial charge in [0.1, 0.15) is 6.04 Å². The van der Waals surface area contributed by atoms with Crippen LogP contribution < -0.4 is 5.32 Å². The van der Waals surface area contributed by atoms with Crippen LogP contribution in [0.3, 0.4) is 0 Å². The van der Waals surface area contributed by atoms with Gasteiger partial charge in [-0.05, 0) is 43.4 Å². The molecule has 2 fully saturated rings. The van der Waals surface area contributed by atoms with Gasteiger partial charge in [0.15, 0.2) is 0 Å². The van der Waals surface area contributed by atoms with Gasteiger partial charge in [-0.25, -0.2) is 0 Å². The normalized spacial score (nSPS) is 22.0. The Morgan fingerprint density at radius 2 is 1.83 bits per heavy atom. The number of carbonyl (C=O) groups is 2. The van der Waals surface area contributed by atoms with Crippen molar-refractivity contribution in [2.45, 2.75) is 63.5 Å². The molecule has 0 bridgehead atoms. The number of nitrogens with one attached hydrogen (secondary N) is 1. The molecule has 1 saturated carbocycles. The van der Waals surface area contributed by atoms with E-state index in [9.17, 15) is 9.59 Å². The van der Waals surface area contributed by atoms with E-state index in [4.69, 9.17) is 11.6 Å². The number of carbonyl (C=O) groups excluding carboxylic acids is 2. The van der Waals surface area contributed by atoms with E-state index < -0.39 is 0 Å². The molecular formula is C19H25ClN2O2. The highest BCUT2D eigenvalue weighted by Crippen LogP contribution is 2.30. The minimum atomic E-state index is -0.272. The van der Waals surface area contributed by atoms with Crippen molar-refractivity contribution < 1.29 is 9.59 Å². The van der Waals surface area contributed by atoms with E-state index >= 15 is 0 Å². The van der Waals surface area contributed by atoms with E-state index in [1.165, 1.54) is 19.3 Å². The third-order valence-electron chi connectivity index (χ3n) is 5.15. The van der Waals surface area contributed by atoms with Crippen LogP contribution in [-0.4, -0.2) is 35.3 Å². The summed E-state index contributed by atoms with van der Waals surface area (Å²) in [5.41, 5.74) is 1.14. The second kappa shape index (κ2) is 8.02. The van der Waals surface area contributed by atoms with Gasteiger partial charge in [-0.15, -0.1) is 0 Å². The van der Waals surface area contributed by atoms with Crippen molar-refractivity contribution in [3.8, 4) is 0 Å². The molecule has 24 heavy (non-hydrogen) atoms. The van der Waals surface area contributed by atoms with Gasteiger partial charge < -0.3 is 10.2 Å². The molecule has 2 aliphatic rings. The predicted octanol–water partition coefficient (Wildman–Crippen LogP) is 3.32. The quantitative estimate of drug-likeness (QED) is 0.887. The molecule has 130 valence electrons. The Kier molecular flexibility index (Phi) is 5.77. The van der Waals surface area contributed by atoms with Crippen molar-refractivity contribution in [1.29, 1.82) is 0 Å². The third kappa shape index (κ3) is 4.10. The zero-order valence-corrected chi connectivity index (χ0v) is 14.7. The van der Waals surface area contributed by atoms with E-state index in [1.807, 2.05) is 29.2 Å². The van der Waals surface area contributed by atoms with Crippen LogP contribution in [0.1, 0.15) is 50.5 Å². The summed E-state index contributed by atoms with van der Waals surface area (Å²) in [6.07, 6.45) is 7.59. The summed E-state index contributed by atoms with van der Waals surface area (Å²) >= 11 is 5.88. The minimum absolute atomic E-state index is 0.000358. The van der Waals surface area contributed by atoms with E-state index in [1.54, 1.807) is 0 Å². The molecular weight excluding hydrogens is 324 g/mol. The topological polar surface area (TPSA) is 49.4 Å². The maximum atomic E-state index is 12.6. The average Bonchev–Trinajstić information content (AvgIpc) is 2.99. The second-order valence-corrected chi connectivity index (χ2v) is 7.25. The lowest BCUT2D eigenvalue weighted by Crippen LogP contribution is -2.50. The molecule has 0 radical (unpaired) electrons. The molecule has 3 rings (SSSR count). The molecule has 0 aromatic heterocycles. The first kappa shape index (κ1) is 17.3. The Morgan fingerprint density at radius 1 is 1.12 bits per heavy atom. The Bertz CT molecular complexity index is 582. The van der Waals surface area contributed by atoms with Gasteiger partial charge in [0.05, 0.1) is 0 Å². The second-order valence-electron chi connectivity index (χ2n) is 6.81. The number of hydrogen-bond donors (Lipinski definition) is 1. The standard InChI is InChI=1S/C19H25ClN2O2/c20-15-8-6-14(7-9-15)12-13-21-19(24)17-10-11-18(23)22(17)16-4-2-1-3-5-16/h6-9,16-17H,1-5,10-13H2,(H,21,24)/t17-/m1/s1. The number of benzene rings is 1. The smallest absolute Gasteiger partial charge is 0.242 e. The first-order chi connectivity index (χ1) is 11.6. The van der Waals surface area contributed by atoms with Crippen LogP contribution in [-0.2, 0) is 16.0 Å². The number of hydrogen-bond acceptors (Lipinski definition) is 2. The fourth-order valence-corrected chi connectivity index (χ4v) is 4.00. The Labute approximate surface area is 148 Å². The molecule has 0 unspecified atom stereocenters. The molecule has 1 saturated heterocycles. The number of nitrogens with zero attached hydrogens (tertiary/aromatic N) is 1. The Morgan fingerprint density at radius 3 is 2.54 bits per heavy atom. The highest BCUT2D eigenvalue weighted by atomic mass is 35.5. The van der Waals surface area contributed by atoms with Crippen LogP contribution in [0.15, 0.2) is 24.3 Å². The lowest BCUT2D eigenvalue weighted by molar-refractivity contribution is -0.138. The van der Waals surface area contributed by atoms with Gasteiger partial charge in [-0.2, -0.15) is 0 Å². The van der Waals surface area contributed by atoms with Gasteiger partial charge in [0.2, 0.25) is 11.8 Å². The average molecular weight is 349 g/mol. The van der Waals surface area contributed by atoms with Crippen LogP contribution in [0, 0.1) is 0 Å². The fourth-order valence-electron chi connectivity index (χ4n) is 3.88. The van der Waals surface area contributed by atoms with E-state index in [0.717, 1.165) is 29.8 Å². The van der Waals surface area contributed by atoms with E-state index in [0.29, 0.717) is 19.4 Å². The summed E-state index contributed by atoms with van der Waals surface area (Å²) < 4.78 is 0. The Balaban J connectivity index is 1.53. The van der Waals surface area contributed by atoms with Gasteiger partial charge in [0, 0.05) is 24.0 Å². The molecule has 1 aliphatic heterocycles. The van der Waals surface area contributed by atoms with Gasteiger partial charge in [-0.1, -0.05) is 43.0 Å². The first-order valence-electron chi connectivity index (χ1n) is 8.98. The summed E-state index contributed by atoms with van der Waals surface area (Å²) in [7, 11) is 0. The first-order valence-corrected chi connectivity index (χ1v) is 9.36. The minimum Gasteiger partial charge on any atom is -0.354 e. The fraction of sp³-hybridized carbons (Fsp3) is 0.579.